The second-order valence-corrected chi connectivity index (χ2v) is 25.4. The molecule has 0 radical (unpaired) electrons. The molecule has 1 amide bonds. The Morgan fingerprint density at radius 1 is 0.429 bits per heavy atom. The Morgan fingerprint density at radius 3 is 1.20 bits per heavy atom. The van der Waals surface area contributed by atoms with E-state index in [2.05, 4.69) is 43.5 Å². The molecule has 0 aliphatic carbocycles. The molecule has 0 saturated carbocycles. The van der Waals surface area contributed by atoms with Crippen molar-refractivity contribution in [1.82, 2.24) is 5.32 Å². The Balaban J connectivity index is 1.63. The van der Waals surface area contributed by atoms with Gasteiger partial charge in [0.25, 0.3) is 0 Å². The molecule has 84 heavy (non-hydrogen) atoms. The highest BCUT2D eigenvalue weighted by Gasteiger charge is 2.51. The van der Waals surface area contributed by atoms with E-state index in [0.717, 1.165) is 57.8 Å². The highest BCUT2D eigenvalue weighted by Crippen LogP contribution is 2.30. The summed E-state index contributed by atoms with van der Waals surface area (Å²) in [6.45, 7) is 2.88. The molecule has 2 aliphatic rings. The highest BCUT2D eigenvalue weighted by atomic mass is 16.7. The predicted octanol–water partition coefficient (Wildman–Crippen LogP) is 14.3. The lowest BCUT2D eigenvalue weighted by Crippen LogP contribution is -2.65. The first-order valence-corrected chi connectivity index (χ1v) is 35.6. The summed E-state index contributed by atoms with van der Waals surface area (Å²) in [5.41, 5.74) is 0. The van der Waals surface area contributed by atoms with Gasteiger partial charge in [0.15, 0.2) is 12.6 Å². The molecule has 14 nitrogen and oxygen atoms in total. The Kier molecular flexibility index (Phi) is 51.9. The van der Waals surface area contributed by atoms with Crippen molar-refractivity contribution in [2.75, 3.05) is 19.8 Å². The van der Waals surface area contributed by atoms with Crippen LogP contribution in [0.15, 0.2) is 24.3 Å². The van der Waals surface area contributed by atoms with Gasteiger partial charge < -0.3 is 65.1 Å². The van der Waals surface area contributed by atoms with Crippen LogP contribution in [0.5, 0.6) is 0 Å². The molecule has 0 aromatic heterocycles. The number of carbonyl (C=O) groups is 1. The van der Waals surface area contributed by atoms with Crippen LogP contribution in [0.4, 0.5) is 0 Å². The number of hydrogen-bond acceptors (Lipinski definition) is 13. The molecule has 9 N–H and O–H groups in total. The first-order chi connectivity index (χ1) is 41.1. The maximum atomic E-state index is 13.3. The molecule has 2 aliphatic heterocycles. The molecule has 14 heteroatoms. The number of aliphatic hydroxyl groups is 8. The SMILES string of the molecule is CCCCCC/C=C\C/C=C\CCCCCCCCCC(=O)NC(COC1OC(CO)C(OC2OC(CO)C(O)C(O)C2O)C(O)C1O)C(O)CCCCCCCCCCCCCCCCCCCCCCCCCCCCCCCCCC. The van der Waals surface area contributed by atoms with Crippen LogP contribution in [0.3, 0.4) is 0 Å². The Labute approximate surface area is 513 Å². The van der Waals surface area contributed by atoms with Crippen LogP contribution in [0.25, 0.3) is 0 Å². The van der Waals surface area contributed by atoms with E-state index in [1.807, 2.05) is 0 Å². The predicted molar refractivity (Wildman–Crippen MR) is 342 cm³/mol. The van der Waals surface area contributed by atoms with Crippen molar-refractivity contribution < 1.29 is 64.6 Å². The lowest BCUT2D eigenvalue weighted by Gasteiger charge is -2.46. The van der Waals surface area contributed by atoms with Crippen LogP contribution >= 0.6 is 0 Å². The van der Waals surface area contributed by atoms with Crippen molar-refractivity contribution in [2.24, 2.45) is 0 Å². The van der Waals surface area contributed by atoms with E-state index in [-0.39, 0.29) is 12.5 Å². The molecule has 2 rings (SSSR count). The van der Waals surface area contributed by atoms with Gasteiger partial charge >= 0.3 is 0 Å². The molecule has 0 bridgehead atoms. The van der Waals surface area contributed by atoms with Crippen molar-refractivity contribution in [3.63, 3.8) is 0 Å². The van der Waals surface area contributed by atoms with Crippen LogP contribution in [-0.2, 0) is 23.7 Å². The monoisotopic (exact) mass is 1200 g/mol. The minimum absolute atomic E-state index is 0.210. The summed E-state index contributed by atoms with van der Waals surface area (Å²) in [5.74, 6) is -0.210. The Bertz CT molecular complexity index is 1500. The Hall–Kier alpha value is -1.53. The van der Waals surface area contributed by atoms with Gasteiger partial charge in [0.1, 0.15) is 48.8 Å². The fraction of sp³-hybridized carbons (Fsp3) is 0.929. The van der Waals surface area contributed by atoms with Gasteiger partial charge in [-0.3, -0.25) is 4.79 Å². The molecular weight excluding hydrogens is 1060 g/mol. The number of unbranched alkanes of at least 4 members (excludes halogenated alkanes) is 42. The zero-order chi connectivity index (χ0) is 60.9. The van der Waals surface area contributed by atoms with Gasteiger partial charge in [0, 0.05) is 6.42 Å². The average Bonchev–Trinajstić information content (AvgIpc) is 3.16. The van der Waals surface area contributed by atoms with E-state index in [1.54, 1.807) is 0 Å². The number of ether oxygens (including phenoxy) is 4. The van der Waals surface area contributed by atoms with Gasteiger partial charge in [0.05, 0.1) is 32.0 Å². The molecule has 0 spiro atoms. The number of carbonyl (C=O) groups excluding carboxylic acids is 1. The maximum absolute atomic E-state index is 13.3. The largest absolute Gasteiger partial charge is 0.394 e. The number of nitrogens with one attached hydrogen (secondary N) is 1. The highest BCUT2D eigenvalue weighted by molar-refractivity contribution is 5.76. The minimum Gasteiger partial charge on any atom is -0.394 e. The third-order valence-electron chi connectivity index (χ3n) is 17.7. The first-order valence-electron chi connectivity index (χ1n) is 35.6. The van der Waals surface area contributed by atoms with Crippen LogP contribution in [-0.4, -0.2) is 140 Å². The van der Waals surface area contributed by atoms with Crippen molar-refractivity contribution >= 4 is 5.91 Å². The van der Waals surface area contributed by atoms with Crippen LogP contribution in [0, 0.1) is 0 Å². The van der Waals surface area contributed by atoms with E-state index in [4.69, 9.17) is 18.9 Å². The second-order valence-electron chi connectivity index (χ2n) is 25.4. The van der Waals surface area contributed by atoms with E-state index in [9.17, 15) is 45.6 Å². The summed E-state index contributed by atoms with van der Waals surface area (Å²) in [7, 11) is 0. The molecule has 2 fully saturated rings. The molecule has 2 saturated heterocycles. The molecule has 0 aromatic carbocycles. The van der Waals surface area contributed by atoms with Crippen molar-refractivity contribution in [2.45, 2.75) is 396 Å². The lowest BCUT2D eigenvalue weighted by molar-refractivity contribution is -0.359. The average molecular weight is 1200 g/mol. The van der Waals surface area contributed by atoms with Gasteiger partial charge in [-0.15, -0.1) is 0 Å². The van der Waals surface area contributed by atoms with Crippen LogP contribution < -0.4 is 5.32 Å². The zero-order valence-electron chi connectivity index (χ0n) is 53.9. The Morgan fingerprint density at radius 2 is 0.786 bits per heavy atom. The molecule has 12 unspecified atom stereocenters. The third kappa shape index (κ3) is 39.5. The van der Waals surface area contributed by atoms with E-state index in [1.165, 1.54) is 231 Å². The topological polar surface area (TPSA) is 228 Å². The fourth-order valence-electron chi connectivity index (χ4n) is 12.0. The molecular formula is C70H133NO13. The maximum Gasteiger partial charge on any atom is 0.220 e. The quantitative estimate of drug-likeness (QED) is 0.0204. The van der Waals surface area contributed by atoms with Gasteiger partial charge in [-0.05, 0) is 44.9 Å². The minimum atomic E-state index is -1.78. The van der Waals surface area contributed by atoms with E-state index < -0.39 is 86.8 Å². The zero-order valence-corrected chi connectivity index (χ0v) is 53.9. The summed E-state index contributed by atoms with van der Waals surface area (Å²) in [6.07, 6.45) is 52.0. The van der Waals surface area contributed by atoms with Gasteiger partial charge in [-0.1, -0.05) is 295 Å². The first kappa shape index (κ1) is 78.6. The van der Waals surface area contributed by atoms with E-state index in [0.29, 0.717) is 19.3 Å². The van der Waals surface area contributed by atoms with Crippen molar-refractivity contribution in [3.8, 4) is 0 Å². The van der Waals surface area contributed by atoms with Gasteiger partial charge in [-0.25, -0.2) is 0 Å². The van der Waals surface area contributed by atoms with Crippen molar-refractivity contribution in [3.05, 3.63) is 24.3 Å². The number of amides is 1. The molecule has 2 heterocycles. The second kappa shape index (κ2) is 55.5. The number of rotatable bonds is 59. The normalized spacial score (nSPS) is 23.7. The van der Waals surface area contributed by atoms with Crippen LogP contribution in [0.2, 0.25) is 0 Å². The standard InChI is InChI=1S/C70H133NO13/c1-3-5-7-9-11-13-15-17-19-21-23-24-25-26-27-28-29-30-31-32-33-34-35-36-37-39-41-43-45-47-49-51-53-59(74)58(71-62(75)54-52-50-48-46-44-42-40-38-22-20-18-16-14-12-10-8-6-4-2)57-81-69-67(80)65(78)68(61(56-73)83-69)84-70-66(79)64(77)63(76)60(55-72)82-70/h14,16,20,22,58-61,63-70,72-74,76-80H,3-13,15,17-19,21,23-57H2,1-2H3,(H,71,75)/b16-14-,22-20-. The van der Waals surface area contributed by atoms with Crippen LogP contribution in [0.1, 0.15) is 322 Å². The number of hydrogen-bond donors (Lipinski definition) is 9. The summed E-state index contributed by atoms with van der Waals surface area (Å²) in [4.78, 5) is 13.3. The summed E-state index contributed by atoms with van der Waals surface area (Å²) < 4.78 is 22.9. The third-order valence-corrected chi connectivity index (χ3v) is 17.7. The molecule has 496 valence electrons. The summed E-state index contributed by atoms with van der Waals surface area (Å²) >= 11 is 0. The molecule has 0 aromatic rings. The summed E-state index contributed by atoms with van der Waals surface area (Å²) in [6, 6.07) is -0.833. The number of aliphatic hydroxyl groups excluding tert-OH is 8. The van der Waals surface area contributed by atoms with Gasteiger partial charge in [0.2, 0.25) is 5.91 Å². The lowest BCUT2D eigenvalue weighted by atomic mass is 9.97. The molecule has 12 atom stereocenters. The fourth-order valence-corrected chi connectivity index (χ4v) is 12.0. The number of allylic oxidation sites excluding steroid dienone is 4. The summed E-state index contributed by atoms with van der Waals surface area (Å²) in [5, 5.41) is 87.6. The smallest absolute Gasteiger partial charge is 0.220 e. The van der Waals surface area contributed by atoms with E-state index >= 15 is 0 Å². The van der Waals surface area contributed by atoms with Crippen molar-refractivity contribution in [1.29, 1.82) is 0 Å². The van der Waals surface area contributed by atoms with Gasteiger partial charge in [-0.2, -0.15) is 0 Å².